The van der Waals surface area contributed by atoms with E-state index in [2.05, 4.69) is 169 Å². The molecular formula is C43H27NO. The van der Waals surface area contributed by atoms with Gasteiger partial charge in [0.25, 0.3) is 0 Å². The summed E-state index contributed by atoms with van der Waals surface area (Å²) < 4.78 is 6.74. The van der Waals surface area contributed by atoms with E-state index in [0.29, 0.717) is 0 Å². The molecule has 8 aromatic rings. The van der Waals surface area contributed by atoms with Crippen molar-refractivity contribution in [2.75, 3.05) is 4.90 Å². The zero-order valence-corrected chi connectivity index (χ0v) is 24.4. The second-order valence-electron chi connectivity index (χ2n) is 12.0. The molecule has 2 nitrogen and oxygen atoms in total. The van der Waals surface area contributed by atoms with Crippen LogP contribution < -0.4 is 4.90 Å². The number of nitrogens with zero attached hydrogens (tertiary/aromatic N) is 1. The van der Waals surface area contributed by atoms with Crippen molar-refractivity contribution in [1.29, 1.82) is 0 Å². The summed E-state index contributed by atoms with van der Waals surface area (Å²) in [5.74, 6) is 0. The summed E-state index contributed by atoms with van der Waals surface area (Å²) in [6.45, 7) is 0. The van der Waals surface area contributed by atoms with Gasteiger partial charge < -0.3 is 9.32 Å². The number of furan rings is 1. The van der Waals surface area contributed by atoms with Crippen LogP contribution >= 0.6 is 0 Å². The molecule has 210 valence electrons. The number of benzene rings is 7. The maximum absolute atomic E-state index is 6.74. The third-order valence-electron chi connectivity index (χ3n) is 9.87. The Morgan fingerprint density at radius 3 is 1.69 bits per heavy atom. The van der Waals surface area contributed by atoms with E-state index in [1.807, 2.05) is 0 Å². The number of rotatable bonds is 3. The minimum Gasteiger partial charge on any atom is -0.455 e. The predicted octanol–water partition coefficient (Wildman–Crippen LogP) is 11.4. The van der Waals surface area contributed by atoms with Gasteiger partial charge >= 0.3 is 0 Å². The van der Waals surface area contributed by atoms with Crippen molar-refractivity contribution in [2.45, 2.75) is 5.41 Å². The SMILES string of the molecule is c1ccc(N(c2ccccc2)c2ccc3c(c2)C2(c4ccccc4-c4ccccc42)c2ccc4c(oc5ccccc54)c2-3)cc1. The number of para-hydroxylation sites is 3. The Morgan fingerprint density at radius 1 is 0.400 bits per heavy atom. The first-order valence-electron chi connectivity index (χ1n) is 15.5. The Bertz CT molecular complexity index is 2350. The number of fused-ring (bicyclic) bond motifs is 14. The fourth-order valence-electron chi connectivity index (χ4n) is 8.13. The molecule has 0 saturated carbocycles. The van der Waals surface area contributed by atoms with Gasteiger partial charge in [0.1, 0.15) is 11.2 Å². The lowest BCUT2D eigenvalue weighted by Gasteiger charge is -2.32. The molecule has 2 aliphatic rings. The maximum atomic E-state index is 6.74. The largest absolute Gasteiger partial charge is 0.455 e. The Balaban J connectivity index is 1.34. The van der Waals surface area contributed by atoms with Gasteiger partial charge in [0.2, 0.25) is 0 Å². The van der Waals surface area contributed by atoms with Crippen LogP contribution in [0.5, 0.6) is 0 Å². The Kier molecular flexibility index (Phi) is 4.95. The second kappa shape index (κ2) is 9.07. The van der Waals surface area contributed by atoms with Gasteiger partial charge in [-0.3, -0.25) is 0 Å². The molecule has 7 aromatic carbocycles. The van der Waals surface area contributed by atoms with E-state index in [0.717, 1.165) is 39.0 Å². The summed E-state index contributed by atoms with van der Waals surface area (Å²) in [6.07, 6.45) is 0. The molecule has 0 amide bonds. The van der Waals surface area contributed by atoms with Crippen molar-refractivity contribution in [2.24, 2.45) is 0 Å². The molecule has 1 heterocycles. The van der Waals surface area contributed by atoms with E-state index in [9.17, 15) is 0 Å². The molecule has 0 radical (unpaired) electrons. The van der Waals surface area contributed by atoms with E-state index in [1.54, 1.807) is 0 Å². The number of anilines is 3. The van der Waals surface area contributed by atoms with Crippen molar-refractivity contribution < 1.29 is 4.42 Å². The molecule has 0 saturated heterocycles. The van der Waals surface area contributed by atoms with Crippen molar-refractivity contribution in [3.05, 3.63) is 186 Å². The van der Waals surface area contributed by atoms with Crippen LogP contribution in [-0.2, 0) is 5.41 Å². The predicted molar refractivity (Wildman–Crippen MR) is 185 cm³/mol. The molecular weight excluding hydrogens is 546 g/mol. The number of hydrogen-bond acceptors (Lipinski definition) is 2. The van der Waals surface area contributed by atoms with Gasteiger partial charge in [-0.1, -0.05) is 121 Å². The molecule has 10 rings (SSSR count). The van der Waals surface area contributed by atoms with Gasteiger partial charge in [0.05, 0.1) is 5.41 Å². The van der Waals surface area contributed by atoms with Gasteiger partial charge in [-0.25, -0.2) is 0 Å². The van der Waals surface area contributed by atoms with Crippen molar-refractivity contribution in [3.8, 4) is 22.3 Å². The molecule has 0 fully saturated rings. The monoisotopic (exact) mass is 573 g/mol. The molecule has 2 aliphatic carbocycles. The fourth-order valence-corrected chi connectivity index (χ4v) is 8.13. The highest BCUT2D eigenvalue weighted by Crippen LogP contribution is 2.64. The maximum Gasteiger partial charge on any atom is 0.143 e. The lowest BCUT2D eigenvalue weighted by molar-refractivity contribution is 0.669. The van der Waals surface area contributed by atoms with E-state index < -0.39 is 5.41 Å². The van der Waals surface area contributed by atoms with Crippen LogP contribution in [0.15, 0.2) is 168 Å². The molecule has 1 aromatic heterocycles. The fraction of sp³-hybridized carbons (Fsp3) is 0.0233. The third kappa shape index (κ3) is 3.18. The summed E-state index contributed by atoms with van der Waals surface area (Å²) in [7, 11) is 0. The molecule has 1 spiro atoms. The van der Waals surface area contributed by atoms with Gasteiger partial charge in [-0.15, -0.1) is 0 Å². The van der Waals surface area contributed by atoms with Crippen LogP contribution in [0, 0.1) is 0 Å². The van der Waals surface area contributed by atoms with Crippen molar-refractivity contribution in [3.63, 3.8) is 0 Å². The standard InChI is InChI=1S/C43H27NO/c1-3-13-28(14-4-1)44(29-15-5-2-6-16-29)30-23-24-35-39(27-30)43(36-20-10-7-17-31(36)32-18-8-11-21-37(32)43)38-26-25-34-33-19-9-12-22-40(33)45-42(34)41(35)38/h1-27H. The second-order valence-corrected chi connectivity index (χ2v) is 12.0. The van der Waals surface area contributed by atoms with E-state index in [-0.39, 0.29) is 0 Å². The highest BCUT2D eigenvalue weighted by Gasteiger charge is 2.52. The highest BCUT2D eigenvalue weighted by atomic mass is 16.3. The van der Waals surface area contributed by atoms with Crippen LogP contribution in [0.2, 0.25) is 0 Å². The topological polar surface area (TPSA) is 16.4 Å². The average molecular weight is 574 g/mol. The molecule has 0 N–H and O–H groups in total. The zero-order valence-electron chi connectivity index (χ0n) is 24.4. The molecule has 45 heavy (non-hydrogen) atoms. The average Bonchev–Trinajstić information content (AvgIpc) is 3.73. The summed E-state index contributed by atoms with van der Waals surface area (Å²) in [5, 5.41) is 2.31. The Labute approximate surface area is 261 Å². The van der Waals surface area contributed by atoms with Gasteiger partial charge in [-0.05, 0) is 81.4 Å². The molecule has 0 bridgehead atoms. The Hall–Kier alpha value is -5.86. The Morgan fingerprint density at radius 2 is 1.00 bits per heavy atom. The van der Waals surface area contributed by atoms with Gasteiger partial charge in [0.15, 0.2) is 0 Å². The zero-order chi connectivity index (χ0) is 29.5. The first-order chi connectivity index (χ1) is 22.3. The van der Waals surface area contributed by atoms with Crippen LogP contribution in [0.25, 0.3) is 44.2 Å². The van der Waals surface area contributed by atoms with Gasteiger partial charge in [-0.2, -0.15) is 0 Å². The molecule has 0 atom stereocenters. The van der Waals surface area contributed by atoms with Crippen LogP contribution in [0.3, 0.4) is 0 Å². The van der Waals surface area contributed by atoms with Crippen molar-refractivity contribution in [1.82, 2.24) is 0 Å². The molecule has 0 aliphatic heterocycles. The lowest BCUT2D eigenvalue weighted by atomic mass is 9.70. The first kappa shape index (κ1) is 24.6. The normalized spacial score (nSPS) is 13.5. The van der Waals surface area contributed by atoms with E-state index in [4.69, 9.17) is 4.42 Å². The van der Waals surface area contributed by atoms with Crippen LogP contribution in [-0.4, -0.2) is 0 Å². The summed E-state index contributed by atoms with van der Waals surface area (Å²) in [5.41, 5.74) is 15.0. The molecule has 2 heteroatoms. The molecule has 0 unspecified atom stereocenters. The van der Waals surface area contributed by atoms with Crippen molar-refractivity contribution >= 4 is 39.0 Å². The first-order valence-corrected chi connectivity index (χ1v) is 15.5. The smallest absolute Gasteiger partial charge is 0.143 e. The van der Waals surface area contributed by atoms with Gasteiger partial charge in [0, 0.05) is 33.4 Å². The lowest BCUT2D eigenvalue weighted by Crippen LogP contribution is -2.26. The minimum absolute atomic E-state index is 0.472. The minimum atomic E-state index is -0.472. The van der Waals surface area contributed by atoms with Crippen LogP contribution in [0.4, 0.5) is 17.1 Å². The quantitative estimate of drug-likeness (QED) is 0.209. The summed E-state index contributed by atoms with van der Waals surface area (Å²) in [4.78, 5) is 2.36. The number of hydrogen-bond donors (Lipinski definition) is 0. The van der Waals surface area contributed by atoms with Crippen LogP contribution in [0.1, 0.15) is 22.3 Å². The highest BCUT2D eigenvalue weighted by molar-refractivity contribution is 6.13. The summed E-state index contributed by atoms with van der Waals surface area (Å²) >= 11 is 0. The summed E-state index contributed by atoms with van der Waals surface area (Å²) in [6, 6.07) is 59.3. The van der Waals surface area contributed by atoms with E-state index >= 15 is 0 Å². The van der Waals surface area contributed by atoms with E-state index in [1.165, 1.54) is 44.5 Å². The third-order valence-corrected chi connectivity index (χ3v) is 9.87.